The first-order valence-corrected chi connectivity index (χ1v) is 10.8. The monoisotopic (exact) mass is 438 g/mol. The molecular weight excluding hydrogens is 408 g/mol. The zero-order valence-corrected chi connectivity index (χ0v) is 19.0. The Labute approximate surface area is 188 Å². The van der Waals surface area contributed by atoms with Gasteiger partial charge in [-0.3, -0.25) is 9.59 Å². The first kappa shape index (κ1) is 23.3. The molecule has 7 heteroatoms. The molecule has 0 radical (unpaired) electrons. The van der Waals surface area contributed by atoms with Crippen LogP contribution in [0.25, 0.3) is 5.76 Å². The largest absolute Gasteiger partial charge is 0.508 e. The molecule has 0 saturated carbocycles. The van der Waals surface area contributed by atoms with Crippen molar-refractivity contribution >= 4 is 17.4 Å². The number of hydrogen-bond donors (Lipinski definition) is 2. The summed E-state index contributed by atoms with van der Waals surface area (Å²) in [6.45, 7) is 8.53. The van der Waals surface area contributed by atoms with Crippen molar-refractivity contribution in [2.75, 3.05) is 33.3 Å². The van der Waals surface area contributed by atoms with Gasteiger partial charge in [0.15, 0.2) is 0 Å². The minimum absolute atomic E-state index is 0.0177. The quantitative estimate of drug-likeness (QED) is 0.373. The number of carbonyl (C=O) groups excluding carboxylic acids is 2. The van der Waals surface area contributed by atoms with Crippen LogP contribution in [0.2, 0.25) is 0 Å². The van der Waals surface area contributed by atoms with E-state index in [0.717, 1.165) is 18.7 Å². The molecule has 0 spiro atoms. The maximum atomic E-state index is 13.1. The van der Waals surface area contributed by atoms with Crippen molar-refractivity contribution in [1.82, 2.24) is 9.80 Å². The molecule has 1 fully saturated rings. The van der Waals surface area contributed by atoms with Crippen molar-refractivity contribution in [3.05, 3.63) is 64.7 Å². The van der Waals surface area contributed by atoms with E-state index < -0.39 is 17.7 Å². The second kappa shape index (κ2) is 9.87. The highest BCUT2D eigenvalue weighted by molar-refractivity contribution is 6.46. The van der Waals surface area contributed by atoms with Crippen molar-refractivity contribution in [2.45, 2.75) is 26.8 Å². The number of likely N-dealkylation sites (tertiary alicyclic amines) is 1. The van der Waals surface area contributed by atoms with Gasteiger partial charge in [-0.05, 0) is 49.8 Å². The summed E-state index contributed by atoms with van der Waals surface area (Å²) in [6.07, 6.45) is 0. The average molecular weight is 439 g/mol. The summed E-state index contributed by atoms with van der Waals surface area (Å²) in [5, 5.41) is 21.0. The van der Waals surface area contributed by atoms with E-state index in [1.165, 1.54) is 24.1 Å². The third-order valence-corrected chi connectivity index (χ3v) is 5.91. The van der Waals surface area contributed by atoms with Crippen LogP contribution in [-0.2, 0) is 9.59 Å². The van der Waals surface area contributed by atoms with Gasteiger partial charge >= 0.3 is 0 Å². The van der Waals surface area contributed by atoms with Crippen LogP contribution in [0, 0.1) is 6.92 Å². The SMILES string of the molecule is CCN(CC)CCN1C(=O)C(=O)/C(=C(/O)c2cc(C)ccc2OC)C1c1ccc(O)cc1. The molecule has 2 aromatic carbocycles. The standard InChI is InChI=1S/C25H30N2O5/c1-5-26(6-2)13-14-27-22(17-8-10-18(28)11-9-17)21(24(30)25(27)31)23(29)19-15-16(3)7-12-20(19)32-4/h7-12,15,22,28-29H,5-6,13-14H2,1-4H3/b23-21+. The van der Waals surface area contributed by atoms with Gasteiger partial charge in [-0.25, -0.2) is 0 Å². The molecule has 3 rings (SSSR count). The van der Waals surface area contributed by atoms with E-state index >= 15 is 0 Å². The Kier molecular flexibility index (Phi) is 7.20. The molecule has 1 amide bonds. The van der Waals surface area contributed by atoms with Crippen molar-refractivity contribution in [1.29, 1.82) is 0 Å². The van der Waals surface area contributed by atoms with Crippen LogP contribution in [0.3, 0.4) is 0 Å². The Morgan fingerprint density at radius 3 is 2.34 bits per heavy atom. The lowest BCUT2D eigenvalue weighted by Crippen LogP contribution is -2.38. The minimum Gasteiger partial charge on any atom is -0.508 e. The number of rotatable bonds is 8. The van der Waals surface area contributed by atoms with E-state index in [-0.39, 0.29) is 17.1 Å². The van der Waals surface area contributed by atoms with Crippen LogP contribution < -0.4 is 4.74 Å². The number of aromatic hydroxyl groups is 1. The van der Waals surface area contributed by atoms with E-state index in [9.17, 15) is 19.8 Å². The Morgan fingerprint density at radius 1 is 1.09 bits per heavy atom. The molecule has 1 aliphatic rings. The summed E-state index contributed by atoms with van der Waals surface area (Å²) in [6, 6.07) is 10.9. The Hall–Kier alpha value is -3.32. The van der Waals surface area contributed by atoms with Crippen LogP contribution in [0.5, 0.6) is 11.5 Å². The number of aliphatic hydroxyl groups excluding tert-OH is 1. The third-order valence-electron chi connectivity index (χ3n) is 5.91. The second-order valence-electron chi connectivity index (χ2n) is 7.81. The molecule has 1 unspecified atom stereocenters. The molecule has 2 aromatic rings. The van der Waals surface area contributed by atoms with Crippen LogP contribution in [0.4, 0.5) is 0 Å². The molecule has 2 N–H and O–H groups in total. The minimum atomic E-state index is -0.767. The molecular formula is C25H30N2O5. The molecule has 1 heterocycles. The molecule has 32 heavy (non-hydrogen) atoms. The number of benzene rings is 2. The summed E-state index contributed by atoms with van der Waals surface area (Å²) in [7, 11) is 1.49. The van der Waals surface area contributed by atoms with Gasteiger partial charge in [-0.15, -0.1) is 0 Å². The predicted octanol–water partition coefficient (Wildman–Crippen LogP) is 3.47. The zero-order valence-electron chi connectivity index (χ0n) is 19.0. The molecule has 1 saturated heterocycles. The van der Waals surface area contributed by atoms with Gasteiger partial charge in [-0.1, -0.05) is 37.6 Å². The number of hydrogen-bond acceptors (Lipinski definition) is 6. The van der Waals surface area contributed by atoms with Gasteiger partial charge in [0.2, 0.25) is 0 Å². The highest BCUT2D eigenvalue weighted by Gasteiger charge is 2.46. The molecule has 0 bridgehead atoms. The van der Waals surface area contributed by atoms with Crippen LogP contribution in [-0.4, -0.2) is 65.0 Å². The fourth-order valence-electron chi connectivity index (χ4n) is 4.05. The van der Waals surface area contributed by atoms with Gasteiger partial charge in [0.25, 0.3) is 11.7 Å². The number of carbonyl (C=O) groups is 2. The molecule has 0 aromatic heterocycles. The third kappa shape index (κ3) is 4.48. The van der Waals surface area contributed by atoms with Crippen molar-refractivity contribution in [3.8, 4) is 11.5 Å². The van der Waals surface area contributed by atoms with Gasteiger partial charge in [0, 0.05) is 13.1 Å². The van der Waals surface area contributed by atoms with Crippen LogP contribution in [0.15, 0.2) is 48.0 Å². The van der Waals surface area contributed by atoms with E-state index in [2.05, 4.69) is 4.90 Å². The highest BCUT2D eigenvalue weighted by Crippen LogP contribution is 2.41. The maximum absolute atomic E-state index is 13.1. The van der Waals surface area contributed by atoms with Crippen molar-refractivity contribution in [2.24, 2.45) is 0 Å². The molecule has 1 aliphatic heterocycles. The first-order chi connectivity index (χ1) is 15.3. The molecule has 1 atom stereocenters. The Balaban J connectivity index is 2.15. The number of aliphatic hydroxyl groups is 1. The smallest absolute Gasteiger partial charge is 0.295 e. The van der Waals surface area contributed by atoms with Crippen LogP contribution in [0.1, 0.15) is 36.6 Å². The maximum Gasteiger partial charge on any atom is 0.295 e. The number of ether oxygens (including phenoxy) is 1. The first-order valence-electron chi connectivity index (χ1n) is 10.8. The van der Waals surface area contributed by atoms with E-state index in [1.54, 1.807) is 24.3 Å². The highest BCUT2D eigenvalue weighted by atomic mass is 16.5. The van der Waals surface area contributed by atoms with E-state index in [4.69, 9.17) is 4.74 Å². The zero-order chi connectivity index (χ0) is 23.4. The number of phenols is 1. The summed E-state index contributed by atoms with van der Waals surface area (Å²) in [5.41, 5.74) is 1.89. The fraction of sp³-hybridized carbons (Fsp3) is 0.360. The van der Waals surface area contributed by atoms with Gasteiger partial charge in [0.1, 0.15) is 17.3 Å². The normalized spacial score (nSPS) is 17.9. The fourth-order valence-corrected chi connectivity index (χ4v) is 4.05. The van der Waals surface area contributed by atoms with Gasteiger partial charge in [-0.2, -0.15) is 0 Å². The molecule has 0 aliphatic carbocycles. The van der Waals surface area contributed by atoms with Gasteiger partial charge < -0.3 is 24.7 Å². The average Bonchev–Trinajstić information content (AvgIpc) is 3.04. The lowest BCUT2D eigenvalue weighted by Gasteiger charge is -2.28. The van der Waals surface area contributed by atoms with E-state index in [0.29, 0.717) is 30.0 Å². The second-order valence-corrected chi connectivity index (χ2v) is 7.81. The lowest BCUT2D eigenvalue weighted by molar-refractivity contribution is -0.140. The molecule has 170 valence electrons. The topological polar surface area (TPSA) is 90.3 Å². The van der Waals surface area contributed by atoms with Gasteiger partial charge in [0.05, 0.1) is 24.3 Å². The van der Waals surface area contributed by atoms with Crippen molar-refractivity contribution in [3.63, 3.8) is 0 Å². The van der Waals surface area contributed by atoms with Crippen molar-refractivity contribution < 1.29 is 24.5 Å². The number of Topliss-reactive ketones (excluding diaryl/α,β-unsaturated/α-hetero) is 1. The van der Waals surface area contributed by atoms with Crippen LogP contribution >= 0.6 is 0 Å². The Morgan fingerprint density at radius 2 is 1.75 bits per heavy atom. The number of ketones is 1. The number of nitrogens with zero attached hydrogens (tertiary/aromatic N) is 2. The number of likely N-dealkylation sites (N-methyl/N-ethyl adjacent to an activating group) is 1. The summed E-state index contributed by atoms with van der Waals surface area (Å²) >= 11 is 0. The summed E-state index contributed by atoms with van der Waals surface area (Å²) in [4.78, 5) is 29.8. The number of amides is 1. The molecule has 7 nitrogen and oxygen atoms in total. The summed E-state index contributed by atoms with van der Waals surface area (Å²) in [5.74, 6) is -1.17. The number of methoxy groups -OCH3 is 1. The predicted molar refractivity (Wildman–Crippen MR) is 123 cm³/mol. The summed E-state index contributed by atoms with van der Waals surface area (Å²) < 4.78 is 5.39. The van der Waals surface area contributed by atoms with E-state index in [1.807, 2.05) is 26.8 Å². The lowest BCUT2D eigenvalue weighted by atomic mass is 9.94. The number of aryl methyl sites for hydroxylation is 1. The number of phenolic OH excluding ortho intramolecular Hbond substituents is 1. The Bertz CT molecular complexity index is 1030.